The number of hydrogen-bond donors (Lipinski definition) is 2. The molecule has 0 bridgehead atoms. The first kappa shape index (κ1) is 14.8. The maximum absolute atomic E-state index is 12.2. The van der Waals surface area contributed by atoms with E-state index in [0.29, 0.717) is 31.0 Å². The minimum atomic E-state index is -0.457. The van der Waals surface area contributed by atoms with Gasteiger partial charge in [0.25, 0.3) is 0 Å². The van der Waals surface area contributed by atoms with Crippen molar-refractivity contribution in [1.29, 1.82) is 0 Å². The first-order valence-electron chi connectivity index (χ1n) is 6.76. The Morgan fingerprint density at radius 2 is 2.35 bits per heavy atom. The fourth-order valence-electron chi connectivity index (χ4n) is 2.75. The summed E-state index contributed by atoms with van der Waals surface area (Å²) < 4.78 is 1.59. The highest BCUT2D eigenvalue weighted by molar-refractivity contribution is 6.17. The second-order valence-corrected chi connectivity index (χ2v) is 5.28. The number of anilines is 1. The lowest BCUT2D eigenvalue weighted by molar-refractivity contribution is -0.119. The zero-order chi connectivity index (χ0) is 14.7. The lowest BCUT2D eigenvalue weighted by Gasteiger charge is -2.25. The Morgan fingerprint density at radius 3 is 2.95 bits per heavy atom. The molecule has 20 heavy (non-hydrogen) atoms. The standard InChI is InChI=1S/C13H19ClN4O2/c1-16-12-9-5-2-4-8(11(15)19)10(9)17-13(20)18(12)7-3-6-14/h8,16H,2-7H2,1H3,(H2,15,19). The number of halogens is 1. The third-order valence-electron chi connectivity index (χ3n) is 3.66. The van der Waals surface area contributed by atoms with Crippen LogP contribution in [0.5, 0.6) is 0 Å². The molecule has 1 aliphatic rings. The summed E-state index contributed by atoms with van der Waals surface area (Å²) >= 11 is 5.69. The Kier molecular flexibility index (Phi) is 4.65. The zero-order valence-electron chi connectivity index (χ0n) is 11.5. The van der Waals surface area contributed by atoms with Crippen LogP contribution in [-0.2, 0) is 17.8 Å². The normalized spacial score (nSPS) is 17.6. The molecule has 0 aliphatic heterocycles. The molecule has 7 heteroatoms. The van der Waals surface area contributed by atoms with Gasteiger partial charge in [0.1, 0.15) is 5.82 Å². The van der Waals surface area contributed by atoms with E-state index in [1.165, 1.54) is 0 Å². The molecule has 1 amide bonds. The Hall–Kier alpha value is -1.56. The second-order valence-electron chi connectivity index (χ2n) is 4.90. The van der Waals surface area contributed by atoms with Gasteiger partial charge in [-0.2, -0.15) is 4.98 Å². The average molecular weight is 299 g/mol. The van der Waals surface area contributed by atoms with Crippen molar-refractivity contribution in [3.8, 4) is 0 Å². The number of amides is 1. The molecule has 1 aliphatic carbocycles. The summed E-state index contributed by atoms with van der Waals surface area (Å²) in [5.74, 6) is 0.340. The fourth-order valence-corrected chi connectivity index (χ4v) is 2.87. The van der Waals surface area contributed by atoms with Crippen molar-refractivity contribution in [1.82, 2.24) is 9.55 Å². The van der Waals surface area contributed by atoms with Gasteiger partial charge in [0.2, 0.25) is 5.91 Å². The quantitative estimate of drug-likeness (QED) is 0.788. The van der Waals surface area contributed by atoms with Gasteiger partial charge in [0, 0.05) is 25.0 Å². The molecule has 0 saturated carbocycles. The largest absolute Gasteiger partial charge is 0.374 e. The Labute approximate surface area is 122 Å². The number of hydrogen-bond acceptors (Lipinski definition) is 4. The molecule has 0 saturated heterocycles. The van der Waals surface area contributed by atoms with Crippen LogP contribution in [0.1, 0.15) is 36.4 Å². The first-order valence-corrected chi connectivity index (χ1v) is 7.30. The molecule has 0 fully saturated rings. The summed E-state index contributed by atoms with van der Waals surface area (Å²) in [4.78, 5) is 27.8. The number of rotatable bonds is 5. The molecule has 2 rings (SSSR count). The van der Waals surface area contributed by atoms with Gasteiger partial charge in [-0.3, -0.25) is 9.36 Å². The summed E-state index contributed by atoms with van der Waals surface area (Å²) in [5.41, 5.74) is 6.53. The van der Waals surface area contributed by atoms with Crippen LogP contribution < -0.4 is 16.7 Å². The van der Waals surface area contributed by atoms with Crippen molar-refractivity contribution in [2.75, 3.05) is 18.2 Å². The highest BCUT2D eigenvalue weighted by Crippen LogP contribution is 2.32. The van der Waals surface area contributed by atoms with E-state index in [2.05, 4.69) is 10.3 Å². The van der Waals surface area contributed by atoms with Gasteiger partial charge in [-0.05, 0) is 25.7 Å². The van der Waals surface area contributed by atoms with Crippen molar-refractivity contribution in [2.45, 2.75) is 38.1 Å². The van der Waals surface area contributed by atoms with Crippen molar-refractivity contribution >= 4 is 23.3 Å². The maximum atomic E-state index is 12.2. The van der Waals surface area contributed by atoms with E-state index >= 15 is 0 Å². The molecule has 1 atom stereocenters. The van der Waals surface area contributed by atoms with E-state index in [-0.39, 0.29) is 5.69 Å². The van der Waals surface area contributed by atoms with Crippen molar-refractivity contribution in [2.24, 2.45) is 5.73 Å². The van der Waals surface area contributed by atoms with E-state index in [1.807, 2.05) is 0 Å². The lowest BCUT2D eigenvalue weighted by Crippen LogP contribution is -2.34. The molecule has 1 unspecified atom stereocenters. The molecular formula is C13H19ClN4O2. The van der Waals surface area contributed by atoms with Crippen LogP contribution in [0.3, 0.4) is 0 Å². The van der Waals surface area contributed by atoms with Crippen LogP contribution in [-0.4, -0.2) is 28.4 Å². The second kappa shape index (κ2) is 6.26. The number of aromatic nitrogens is 2. The van der Waals surface area contributed by atoms with Crippen LogP contribution in [0.15, 0.2) is 4.79 Å². The van der Waals surface area contributed by atoms with E-state index in [9.17, 15) is 9.59 Å². The predicted molar refractivity (Wildman–Crippen MR) is 78.3 cm³/mol. The van der Waals surface area contributed by atoms with Crippen LogP contribution in [0.25, 0.3) is 0 Å². The van der Waals surface area contributed by atoms with Gasteiger partial charge in [-0.25, -0.2) is 4.79 Å². The van der Waals surface area contributed by atoms with Gasteiger partial charge >= 0.3 is 5.69 Å². The molecular weight excluding hydrogens is 280 g/mol. The van der Waals surface area contributed by atoms with Crippen molar-refractivity contribution < 1.29 is 4.79 Å². The van der Waals surface area contributed by atoms with Gasteiger partial charge in [0.05, 0.1) is 11.6 Å². The zero-order valence-corrected chi connectivity index (χ0v) is 12.2. The number of carbonyl (C=O) groups excluding carboxylic acids is 1. The summed E-state index contributed by atoms with van der Waals surface area (Å²) in [6.45, 7) is 0.514. The average Bonchev–Trinajstić information content (AvgIpc) is 2.43. The molecule has 110 valence electrons. The van der Waals surface area contributed by atoms with Crippen molar-refractivity contribution in [3.63, 3.8) is 0 Å². The minimum absolute atomic E-state index is 0.355. The Bertz CT molecular complexity index is 570. The first-order chi connectivity index (χ1) is 9.60. The molecule has 0 aromatic carbocycles. The number of alkyl halides is 1. The van der Waals surface area contributed by atoms with Gasteiger partial charge in [0.15, 0.2) is 0 Å². The van der Waals surface area contributed by atoms with E-state index < -0.39 is 11.8 Å². The van der Waals surface area contributed by atoms with Gasteiger partial charge in [-0.15, -0.1) is 11.6 Å². The molecule has 1 aromatic rings. The number of nitrogens with zero attached hydrogens (tertiary/aromatic N) is 2. The summed E-state index contributed by atoms with van der Waals surface area (Å²) in [7, 11) is 1.76. The summed E-state index contributed by atoms with van der Waals surface area (Å²) in [6.07, 6.45) is 3.01. The SMILES string of the molecule is CNc1c2c(nc(=O)n1CCCCl)C(C(N)=O)CCC2. The van der Waals surface area contributed by atoms with Gasteiger partial charge < -0.3 is 11.1 Å². The smallest absolute Gasteiger partial charge is 0.349 e. The monoisotopic (exact) mass is 298 g/mol. The summed E-state index contributed by atoms with van der Waals surface area (Å²) in [5, 5.41) is 3.06. The molecule has 1 aromatic heterocycles. The van der Waals surface area contributed by atoms with Crippen molar-refractivity contribution in [3.05, 3.63) is 21.7 Å². The van der Waals surface area contributed by atoms with Crippen LogP contribution >= 0.6 is 11.6 Å². The number of fused-ring (bicyclic) bond motifs is 1. The number of primary amides is 1. The maximum Gasteiger partial charge on any atom is 0.349 e. The minimum Gasteiger partial charge on any atom is -0.374 e. The van der Waals surface area contributed by atoms with E-state index in [0.717, 1.165) is 24.2 Å². The molecule has 0 spiro atoms. The third kappa shape index (κ3) is 2.65. The van der Waals surface area contributed by atoms with Gasteiger partial charge in [-0.1, -0.05) is 0 Å². The fraction of sp³-hybridized carbons (Fsp3) is 0.615. The highest BCUT2D eigenvalue weighted by Gasteiger charge is 2.29. The predicted octanol–water partition coefficient (Wildman–Crippen LogP) is 0.819. The van der Waals surface area contributed by atoms with E-state index in [4.69, 9.17) is 17.3 Å². The number of carbonyl (C=O) groups is 1. The Morgan fingerprint density at radius 1 is 1.60 bits per heavy atom. The number of nitrogens with one attached hydrogen (secondary N) is 1. The van der Waals surface area contributed by atoms with Crippen LogP contribution in [0.2, 0.25) is 0 Å². The topological polar surface area (TPSA) is 90.0 Å². The molecule has 3 N–H and O–H groups in total. The Balaban J connectivity index is 2.56. The summed E-state index contributed by atoms with van der Waals surface area (Å²) in [6, 6.07) is 0. The lowest BCUT2D eigenvalue weighted by atomic mass is 9.86. The third-order valence-corrected chi connectivity index (χ3v) is 3.92. The van der Waals surface area contributed by atoms with E-state index in [1.54, 1.807) is 11.6 Å². The number of nitrogens with two attached hydrogens (primary N) is 1. The molecule has 6 nitrogen and oxygen atoms in total. The van der Waals surface area contributed by atoms with Crippen LogP contribution in [0.4, 0.5) is 5.82 Å². The molecule has 0 radical (unpaired) electrons. The van der Waals surface area contributed by atoms with Crippen LogP contribution in [0, 0.1) is 0 Å². The molecule has 1 heterocycles. The highest BCUT2D eigenvalue weighted by atomic mass is 35.5.